The molecule has 1 heterocycles. The van der Waals surface area contributed by atoms with Crippen molar-refractivity contribution in [3.63, 3.8) is 0 Å². The van der Waals surface area contributed by atoms with Crippen LogP contribution in [0.3, 0.4) is 0 Å². The highest BCUT2D eigenvalue weighted by Gasteiger charge is 2.28. The van der Waals surface area contributed by atoms with Crippen LogP contribution < -0.4 is 0 Å². The molecule has 0 saturated carbocycles. The van der Waals surface area contributed by atoms with E-state index in [9.17, 15) is 21.2 Å². The molecule has 27 heavy (non-hydrogen) atoms. The van der Waals surface area contributed by atoms with Gasteiger partial charge in [0.1, 0.15) is 10.7 Å². The maximum absolute atomic E-state index is 13.6. The highest BCUT2D eigenvalue weighted by atomic mass is 32.2. The molecule has 1 aliphatic rings. The lowest BCUT2D eigenvalue weighted by molar-refractivity contribution is 0.327. The van der Waals surface area contributed by atoms with Gasteiger partial charge in [-0.05, 0) is 24.3 Å². The molecule has 1 fully saturated rings. The van der Waals surface area contributed by atoms with E-state index in [1.54, 1.807) is 18.2 Å². The van der Waals surface area contributed by atoms with Crippen LogP contribution in [0.25, 0.3) is 0 Å². The molecule has 0 bridgehead atoms. The second-order valence-electron chi connectivity index (χ2n) is 5.83. The van der Waals surface area contributed by atoms with Gasteiger partial charge in [0.25, 0.3) is 0 Å². The smallest absolute Gasteiger partial charge is 0.265 e. The zero-order chi connectivity index (χ0) is 19.5. The SMILES string of the molecule is O=S(=O)(ON=C1CCN(S(=O)(=O)c2ccccc2)CC1)c1ccccc1F. The van der Waals surface area contributed by atoms with Crippen LogP contribution in [0.4, 0.5) is 4.39 Å². The zero-order valence-corrected chi connectivity index (χ0v) is 15.8. The number of benzene rings is 2. The summed E-state index contributed by atoms with van der Waals surface area (Å²) < 4.78 is 68.7. The number of hydrogen-bond acceptors (Lipinski definition) is 6. The van der Waals surface area contributed by atoms with Crippen LogP contribution in [0.5, 0.6) is 0 Å². The molecule has 144 valence electrons. The summed E-state index contributed by atoms with van der Waals surface area (Å²) in [5, 5.41) is 3.60. The summed E-state index contributed by atoms with van der Waals surface area (Å²) in [6, 6.07) is 12.9. The molecular weight excluding hydrogens is 395 g/mol. The third-order valence-electron chi connectivity index (χ3n) is 4.05. The number of sulfonamides is 1. The van der Waals surface area contributed by atoms with E-state index in [0.717, 1.165) is 12.1 Å². The molecule has 0 unspecified atom stereocenters. The second kappa shape index (κ2) is 7.75. The Morgan fingerprint density at radius 2 is 1.48 bits per heavy atom. The summed E-state index contributed by atoms with van der Waals surface area (Å²) in [6.45, 7) is 0.304. The minimum atomic E-state index is -4.37. The molecule has 7 nitrogen and oxygen atoms in total. The minimum Gasteiger partial charge on any atom is -0.265 e. The lowest BCUT2D eigenvalue weighted by atomic mass is 10.1. The van der Waals surface area contributed by atoms with Crippen molar-refractivity contribution in [1.29, 1.82) is 0 Å². The Labute approximate surface area is 157 Å². The Morgan fingerprint density at radius 1 is 0.889 bits per heavy atom. The number of oxime groups is 1. The Bertz CT molecular complexity index is 1040. The Hall–Kier alpha value is -2.30. The van der Waals surface area contributed by atoms with Crippen molar-refractivity contribution in [2.45, 2.75) is 22.6 Å². The van der Waals surface area contributed by atoms with Gasteiger partial charge in [-0.3, -0.25) is 4.28 Å². The van der Waals surface area contributed by atoms with Crippen LogP contribution in [0.1, 0.15) is 12.8 Å². The first-order valence-electron chi connectivity index (χ1n) is 8.10. The van der Waals surface area contributed by atoms with Gasteiger partial charge in [0.2, 0.25) is 10.0 Å². The normalized spacial score (nSPS) is 16.1. The molecular formula is C17H17FN2O5S2. The van der Waals surface area contributed by atoms with Gasteiger partial charge in [0.15, 0.2) is 0 Å². The lowest BCUT2D eigenvalue weighted by Gasteiger charge is -2.26. The van der Waals surface area contributed by atoms with Crippen molar-refractivity contribution >= 4 is 25.9 Å². The first-order chi connectivity index (χ1) is 12.8. The van der Waals surface area contributed by atoms with Gasteiger partial charge in [-0.1, -0.05) is 35.5 Å². The largest absolute Gasteiger partial charge is 0.361 e. The summed E-state index contributed by atoms with van der Waals surface area (Å²) in [6.07, 6.45) is 0.442. The van der Waals surface area contributed by atoms with Crippen LogP contribution in [0.2, 0.25) is 0 Å². The van der Waals surface area contributed by atoms with Crippen molar-refractivity contribution in [3.8, 4) is 0 Å². The molecule has 0 atom stereocenters. The third-order valence-corrected chi connectivity index (χ3v) is 7.10. The quantitative estimate of drug-likeness (QED) is 0.703. The molecule has 3 rings (SSSR count). The third kappa shape index (κ3) is 4.34. The van der Waals surface area contributed by atoms with Gasteiger partial charge < -0.3 is 0 Å². The summed E-state index contributed by atoms with van der Waals surface area (Å²) in [5.41, 5.74) is 0.398. The van der Waals surface area contributed by atoms with E-state index in [1.807, 2.05) is 0 Å². The Morgan fingerprint density at radius 3 is 2.11 bits per heavy atom. The Kier molecular flexibility index (Phi) is 5.59. The van der Waals surface area contributed by atoms with E-state index in [-0.39, 0.29) is 30.8 Å². The fourth-order valence-electron chi connectivity index (χ4n) is 2.61. The average Bonchev–Trinajstić information content (AvgIpc) is 2.68. The minimum absolute atomic E-state index is 0.152. The number of nitrogens with zero attached hydrogens (tertiary/aromatic N) is 2. The lowest BCUT2D eigenvalue weighted by Crippen LogP contribution is -2.38. The van der Waals surface area contributed by atoms with Crippen molar-refractivity contribution in [2.75, 3.05) is 13.1 Å². The average molecular weight is 412 g/mol. The van der Waals surface area contributed by atoms with E-state index in [2.05, 4.69) is 9.44 Å². The molecule has 0 spiro atoms. The van der Waals surface area contributed by atoms with Crippen LogP contribution in [-0.2, 0) is 24.4 Å². The van der Waals surface area contributed by atoms with E-state index < -0.39 is 30.9 Å². The predicted octanol–water partition coefficient (Wildman–Crippen LogP) is 2.37. The maximum Gasteiger partial charge on any atom is 0.361 e. The Balaban J connectivity index is 1.67. The molecule has 0 radical (unpaired) electrons. The number of piperidine rings is 1. The first-order valence-corrected chi connectivity index (χ1v) is 10.9. The number of halogens is 1. The fourth-order valence-corrected chi connectivity index (χ4v) is 4.91. The van der Waals surface area contributed by atoms with Crippen molar-refractivity contribution < 1.29 is 25.5 Å². The van der Waals surface area contributed by atoms with E-state index in [4.69, 9.17) is 0 Å². The highest BCUT2D eigenvalue weighted by Crippen LogP contribution is 2.21. The van der Waals surface area contributed by atoms with Crippen molar-refractivity contribution in [2.24, 2.45) is 5.16 Å². The van der Waals surface area contributed by atoms with Gasteiger partial charge in [0, 0.05) is 25.9 Å². The van der Waals surface area contributed by atoms with Gasteiger partial charge in [-0.2, -0.15) is 12.7 Å². The van der Waals surface area contributed by atoms with Crippen LogP contribution in [-0.4, -0.2) is 39.9 Å². The standard InChI is InChI=1S/C17H17FN2O5S2/c18-16-8-4-5-9-17(16)27(23,24)25-19-14-10-12-20(13-11-14)26(21,22)15-6-2-1-3-7-15/h1-9H,10-13H2. The topological polar surface area (TPSA) is 93.1 Å². The highest BCUT2D eigenvalue weighted by molar-refractivity contribution is 7.89. The molecule has 1 saturated heterocycles. The van der Waals surface area contributed by atoms with E-state index in [1.165, 1.54) is 28.6 Å². The van der Waals surface area contributed by atoms with Crippen LogP contribution in [0, 0.1) is 5.82 Å². The monoisotopic (exact) mass is 412 g/mol. The summed E-state index contributed by atoms with van der Waals surface area (Å²) >= 11 is 0. The molecule has 0 aliphatic carbocycles. The zero-order valence-electron chi connectivity index (χ0n) is 14.2. The molecule has 0 aromatic heterocycles. The predicted molar refractivity (Wildman–Crippen MR) is 96.5 cm³/mol. The van der Waals surface area contributed by atoms with Gasteiger partial charge in [-0.25, -0.2) is 12.8 Å². The summed E-state index contributed by atoms with van der Waals surface area (Å²) in [4.78, 5) is -0.401. The van der Waals surface area contributed by atoms with E-state index in [0.29, 0.717) is 5.71 Å². The molecule has 2 aromatic rings. The van der Waals surface area contributed by atoms with Gasteiger partial charge in [0.05, 0.1) is 10.6 Å². The van der Waals surface area contributed by atoms with Crippen molar-refractivity contribution in [1.82, 2.24) is 4.31 Å². The maximum atomic E-state index is 13.6. The first kappa shape index (κ1) is 19.5. The fraction of sp³-hybridized carbons (Fsp3) is 0.235. The van der Waals surface area contributed by atoms with Crippen LogP contribution in [0.15, 0.2) is 69.5 Å². The second-order valence-corrected chi connectivity index (χ2v) is 9.27. The molecule has 0 amide bonds. The van der Waals surface area contributed by atoms with Crippen LogP contribution >= 0.6 is 0 Å². The summed E-state index contributed by atoms with van der Waals surface area (Å²) in [5.74, 6) is -0.929. The summed E-state index contributed by atoms with van der Waals surface area (Å²) in [7, 11) is -7.98. The molecule has 1 aliphatic heterocycles. The van der Waals surface area contributed by atoms with E-state index >= 15 is 0 Å². The molecule has 10 heteroatoms. The number of rotatable bonds is 5. The van der Waals surface area contributed by atoms with Gasteiger partial charge in [-0.15, -0.1) is 0 Å². The van der Waals surface area contributed by atoms with Crippen molar-refractivity contribution in [3.05, 3.63) is 60.4 Å². The number of hydrogen-bond donors (Lipinski definition) is 0. The molecule has 0 N–H and O–H groups in total. The molecule has 2 aromatic carbocycles. The van der Waals surface area contributed by atoms with Gasteiger partial charge >= 0.3 is 10.1 Å².